The highest BCUT2D eigenvalue weighted by Crippen LogP contribution is 2.33. The summed E-state index contributed by atoms with van der Waals surface area (Å²) in [7, 11) is 3.15. The molecule has 100 valence electrons. The first-order chi connectivity index (χ1) is 9.15. The fourth-order valence-corrected chi connectivity index (χ4v) is 1.90. The summed E-state index contributed by atoms with van der Waals surface area (Å²) in [6.45, 7) is 0. The Labute approximate surface area is 112 Å². The van der Waals surface area contributed by atoms with Crippen molar-refractivity contribution in [2.24, 2.45) is 0 Å². The molecule has 2 rings (SSSR count). The second-order valence-corrected chi connectivity index (χ2v) is 4.18. The minimum Gasteiger partial charge on any atom is -0.497 e. The lowest BCUT2D eigenvalue weighted by Crippen LogP contribution is -2.03. The lowest BCUT2D eigenvalue weighted by atomic mass is 10.0. The van der Waals surface area contributed by atoms with Crippen molar-refractivity contribution in [3.8, 4) is 11.5 Å². The summed E-state index contributed by atoms with van der Waals surface area (Å²) in [5.74, 6) is 1.27. The van der Waals surface area contributed by atoms with E-state index in [1.165, 1.54) is 0 Å². The first kappa shape index (κ1) is 13.2. The molecule has 0 radical (unpaired) electrons. The van der Waals surface area contributed by atoms with Crippen LogP contribution >= 0.6 is 0 Å². The van der Waals surface area contributed by atoms with Gasteiger partial charge in [0.15, 0.2) is 0 Å². The van der Waals surface area contributed by atoms with Gasteiger partial charge in [-0.3, -0.25) is 0 Å². The number of aliphatic hydroxyl groups excluding tert-OH is 1. The van der Waals surface area contributed by atoms with E-state index in [4.69, 9.17) is 15.2 Å². The van der Waals surface area contributed by atoms with Gasteiger partial charge in [0.25, 0.3) is 0 Å². The first-order valence-corrected chi connectivity index (χ1v) is 5.91. The minimum absolute atomic E-state index is 0.587. The molecule has 4 nitrogen and oxygen atoms in total. The molecule has 0 saturated carbocycles. The molecular weight excluding hydrogens is 242 g/mol. The van der Waals surface area contributed by atoms with Crippen LogP contribution in [0.1, 0.15) is 17.2 Å². The van der Waals surface area contributed by atoms with Gasteiger partial charge in [0.1, 0.15) is 17.6 Å². The molecule has 2 aromatic carbocycles. The number of hydrogen-bond donors (Lipinski definition) is 2. The predicted octanol–water partition coefficient (Wildman–Crippen LogP) is 2.37. The molecule has 19 heavy (non-hydrogen) atoms. The molecule has 4 heteroatoms. The summed E-state index contributed by atoms with van der Waals surface area (Å²) in [5, 5.41) is 10.4. The summed E-state index contributed by atoms with van der Waals surface area (Å²) >= 11 is 0. The number of nitrogen functional groups attached to an aromatic ring is 1. The second-order valence-electron chi connectivity index (χ2n) is 4.18. The first-order valence-electron chi connectivity index (χ1n) is 5.91. The van der Waals surface area contributed by atoms with Gasteiger partial charge in [-0.25, -0.2) is 0 Å². The average molecular weight is 259 g/mol. The molecule has 0 bridgehead atoms. The molecule has 0 aliphatic rings. The van der Waals surface area contributed by atoms with Crippen LogP contribution in [-0.2, 0) is 0 Å². The lowest BCUT2D eigenvalue weighted by Gasteiger charge is -2.16. The number of aliphatic hydroxyl groups is 1. The number of methoxy groups -OCH3 is 2. The van der Waals surface area contributed by atoms with Crippen LogP contribution in [0.2, 0.25) is 0 Å². The Hall–Kier alpha value is -2.20. The van der Waals surface area contributed by atoms with Crippen molar-refractivity contribution in [3.63, 3.8) is 0 Å². The molecule has 0 unspecified atom stereocenters. The van der Waals surface area contributed by atoms with Crippen LogP contribution < -0.4 is 15.2 Å². The van der Waals surface area contributed by atoms with Crippen molar-refractivity contribution >= 4 is 5.69 Å². The topological polar surface area (TPSA) is 64.7 Å². The van der Waals surface area contributed by atoms with Crippen molar-refractivity contribution in [1.29, 1.82) is 0 Å². The molecule has 0 aliphatic carbocycles. The third kappa shape index (κ3) is 2.80. The monoisotopic (exact) mass is 259 g/mol. The van der Waals surface area contributed by atoms with Gasteiger partial charge in [0.2, 0.25) is 0 Å². The molecule has 0 saturated heterocycles. The van der Waals surface area contributed by atoms with Crippen molar-refractivity contribution in [2.45, 2.75) is 6.10 Å². The fraction of sp³-hybridized carbons (Fsp3) is 0.200. The van der Waals surface area contributed by atoms with Gasteiger partial charge in [-0.15, -0.1) is 0 Å². The standard InChI is InChI=1S/C15H17NO3/c1-18-12-7-8-13(14(9-12)19-2)15(17)10-3-5-11(16)6-4-10/h3-9,15,17H,16H2,1-2H3/t15-/m1/s1. The molecule has 0 amide bonds. The molecule has 0 spiro atoms. The maximum atomic E-state index is 10.4. The second kappa shape index (κ2) is 5.63. The number of nitrogens with two attached hydrogens (primary N) is 1. The summed E-state index contributed by atoms with van der Waals surface area (Å²) in [6.07, 6.45) is -0.763. The predicted molar refractivity (Wildman–Crippen MR) is 74.5 cm³/mol. The Morgan fingerprint density at radius 2 is 1.68 bits per heavy atom. The lowest BCUT2D eigenvalue weighted by molar-refractivity contribution is 0.214. The van der Waals surface area contributed by atoms with E-state index in [2.05, 4.69) is 0 Å². The fourth-order valence-electron chi connectivity index (χ4n) is 1.90. The normalized spacial score (nSPS) is 11.9. The highest BCUT2D eigenvalue weighted by molar-refractivity contribution is 5.47. The van der Waals surface area contributed by atoms with Gasteiger partial charge in [-0.2, -0.15) is 0 Å². The average Bonchev–Trinajstić information content (AvgIpc) is 2.46. The van der Waals surface area contributed by atoms with Gasteiger partial charge < -0.3 is 20.3 Å². The Morgan fingerprint density at radius 1 is 1.00 bits per heavy atom. The number of hydrogen-bond acceptors (Lipinski definition) is 4. The molecule has 0 heterocycles. The van der Waals surface area contributed by atoms with E-state index >= 15 is 0 Å². The third-order valence-corrected chi connectivity index (χ3v) is 2.99. The summed E-state index contributed by atoms with van der Waals surface area (Å²) < 4.78 is 10.4. The van der Waals surface area contributed by atoms with Gasteiger partial charge in [0.05, 0.1) is 14.2 Å². The van der Waals surface area contributed by atoms with Crippen molar-refractivity contribution in [3.05, 3.63) is 53.6 Å². The van der Waals surface area contributed by atoms with E-state index in [0.29, 0.717) is 22.7 Å². The summed E-state index contributed by atoms with van der Waals surface area (Å²) in [4.78, 5) is 0. The Balaban J connectivity index is 2.37. The van der Waals surface area contributed by atoms with Crippen molar-refractivity contribution in [2.75, 3.05) is 20.0 Å². The van der Waals surface area contributed by atoms with Crippen LogP contribution in [0.3, 0.4) is 0 Å². The quantitative estimate of drug-likeness (QED) is 0.827. The highest BCUT2D eigenvalue weighted by atomic mass is 16.5. The Kier molecular flexibility index (Phi) is 3.92. The van der Waals surface area contributed by atoms with Gasteiger partial charge in [-0.05, 0) is 29.8 Å². The zero-order valence-electron chi connectivity index (χ0n) is 11.0. The van der Waals surface area contributed by atoms with E-state index in [0.717, 1.165) is 5.56 Å². The van der Waals surface area contributed by atoms with Crippen LogP contribution in [0.5, 0.6) is 11.5 Å². The maximum absolute atomic E-state index is 10.4. The molecule has 0 aliphatic heterocycles. The zero-order valence-corrected chi connectivity index (χ0v) is 11.0. The summed E-state index contributed by atoms with van der Waals surface area (Å²) in [5.41, 5.74) is 7.75. The molecule has 0 aromatic heterocycles. The van der Waals surface area contributed by atoms with Gasteiger partial charge >= 0.3 is 0 Å². The van der Waals surface area contributed by atoms with Crippen LogP contribution in [0.15, 0.2) is 42.5 Å². The molecule has 2 aromatic rings. The number of benzene rings is 2. The highest BCUT2D eigenvalue weighted by Gasteiger charge is 2.16. The SMILES string of the molecule is COc1ccc([C@H](O)c2ccc(N)cc2)c(OC)c1. The van der Waals surface area contributed by atoms with Gasteiger partial charge in [0, 0.05) is 17.3 Å². The number of rotatable bonds is 4. The van der Waals surface area contributed by atoms with Crippen molar-refractivity contribution in [1.82, 2.24) is 0 Å². The van der Waals surface area contributed by atoms with Crippen LogP contribution in [0, 0.1) is 0 Å². The Bertz CT molecular complexity index is 552. The Morgan fingerprint density at radius 3 is 2.26 bits per heavy atom. The van der Waals surface area contributed by atoms with E-state index < -0.39 is 6.10 Å². The van der Waals surface area contributed by atoms with Gasteiger partial charge in [-0.1, -0.05) is 12.1 Å². The minimum atomic E-state index is -0.763. The van der Waals surface area contributed by atoms with Crippen LogP contribution in [0.4, 0.5) is 5.69 Å². The summed E-state index contributed by atoms with van der Waals surface area (Å²) in [6, 6.07) is 12.4. The van der Waals surface area contributed by atoms with Crippen LogP contribution in [-0.4, -0.2) is 19.3 Å². The largest absolute Gasteiger partial charge is 0.497 e. The van der Waals surface area contributed by atoms with E-state index in [-0.39, 0.29) is 0 Å². The van der Waals surface area contributed by atoms with E-state index in [1.54, 1.807) is 56.7 Å². The molecule has 0 fully saturated rings. The van der Waals surface area contributed by atoms with E-state index in [1.807, 2.05) is 0 Å². The third-order valence-electron chi connectivity index (χ3n) is 2.99. The van der Waals surface area contributed by atoms with Crippen molar-refractivity contribution < 1.29 is 14.6 Å². The molecule has 1 atom stereocenters. The maximum Gasteiger partial charge on any atom is 0.128 e. The smallest absolute Gasteiger partial charge is 0.128 e. The molecule has 3 N–H and O–H groups in total. The van der Waals surface area contributed by atoms with E-state index in [9.17, 15) is 5.11 Å². The number of ether oxygens (including phenoxy) is 2. The molecular formula is C15H17NO3. The van der Waals surface area contributed by atoms with Crippen LogP contribution in [0.25, 0.3) is 0 Å². The number of anilines is 1. The zero-order chi connectivity index (χ0) is 13.8.